The topological polar surface area (TPSA) is 49.3 Å². The number of carbonyl (C=O) groups excluding carboxylic acids is 1. The Morgan fingerprint density at radius 2 is 2.00 bits per heavy atom. The van der Waals surface area contributed by atoms with Gasteiger partial charge in [-0.2, -0.15) is 0 Å². The van der Waals surface area contributed by atoms with Crippen molar-refractivity contribution in [1.29, 1.82) is 0 Å². The number of benzene rings is 2. The first kappa shape index (κ1) is 14.5. The fourth-order valence-electron chi connectivity index (χ4n) is 1.78. The Hall–Kier alpha value is -1.94. The summed E-state index contributed by atoms with van der Waals surface area (Å²) in [5, 5.41) is 12.3. The van der Waals surface area contributed by atoms with Crippen molar-refractivity contribution in [3.05, 3.63) is 53.6 Å². The van der Waals surface area contributed by atoms with Crippen molar-refractivity contribution in [2.75, 3.05) is 11.1 Å². The first-order valence-electron chi connectivity index (χ1n) is 6.33. The zero-order valence-corrected chi connectivity index (χ0v) is 12.3. The first-order valence-corrected chi connectivity index (χ1v) is 7.32. The van der Waals surface area contributed by atoms with Crippen LogP contribution in [0, 0.1) is 13.8 Å². The van der Waals surface area contributed by atoms with Crippen LogP contribution in [0.1, 0.15) is 11.1 Å². The summed E-state index contributed by atoms with van der Waals surface area (Å²) in [6.07, 6.45) is 0. The summed E-state index contributed by atoms with van der Waals surface area (Å²) in [7, 11) is 0. The van der Waals surface area contributed by atoms with Gasteiger partial charge in [-0.15, -0.1) is 11.8 Å². The summed E-state index contributed by atoms with van der Waals surface area (Å²) in [5.74, 6) is 0.480. The molecule has 2 aromatic rings. The molecule has 3 nitrogen and oxygen atoms in total. The number of phenolic OH excluding ortho intramolecular Hbond substituents is 1. The number of hydrogen-bond donors (Lipinski definition) is 2. The van der Waals surface area contributed by atoms with Crippen LogP contribution in [0.5, 0.6) is 5.75 Å². The van der Waals surface area contributed by atoms with Crippen molar-refractivity contribution in [3.63, 3.8) is 0 Å². The second-order valence-electron chi connectivity index (χ2n) is 4.65. The molecule has 0 aliphatic rings. The van der Waals surface area contributed by atoms with Crippen LogP contribution in [0.2, 0.25) is 0 Å². The molecule has 0 spiro atoms. The highest BCUT2D eigenvalue weighted by Crippen LogP contribution is 2.23. The van der Waals surface area contributed by atoms with Gasteiger partial charge in [0.05, 0.1) is 5.75 Å². The molecular weight excluding hydrogens is 270 g/mol. The van der Waals surface area contributed by atoms with Gasteiger partial charge in [0.1, 0.15) is 5.75 Å². The molecule has 4 heteroatoms. The number of thioether (sulfide) groups is 1. The summed E-state index contributed by atoms with van der Waals surface area (Å²) in [4.78, 5) is 12.8. The van der Waals surface area contributed by atoms with Crippen LogP contribution in [-0.2, 0) is 4.79 Å². The Labute approximate surface area is 123 Å². The summed E-state index contributed by atoms with van der Waals surface area (Å²) in [5.41, 5.74) is 3.02. The second kappa shape index (κ2) is 6.48. The molecule has 1 amide bonds. The Kier molecular flexibility index (Phi) is 4.69. The van der Waals surface area contributed by atoms with Crippen LogP contribution < -0.4 is 5.32 Å². The van der Waals surface area contributed by atoms with E-state index in [-0.39, 0.29) is 11.7 Å². The quantitative estimate of drug-likeness (QED) is 0.842. The van der Waals surface area contributed by atoms with E-state index in [0.717, 1.165) is 21.7 Å². The minimum Gasteiger partial charge on any atom is -0.508 e. The van der Waals surface area contributed by atoms with Crippen LogP contribution in [0.25, 0.3) is 0 Å². The van der Waals surface area contributed by atoms with Crippen LogP contribution in [0.15, 0.2) is 47.4 Å². The molecule has 0 saturated heterocycles. The van der Waals surface area contributed by atoms with Gasteiger partial charge < -0.3 is 10.4 Å². The Balaban J connectivity index is 1.94. The van der Waals surface area contributed by atoms with Crippen molar-refractivity contribution < 1.29 is 9.90 Å². The SMILES string of the molecule is Cc1ccc(C)c(NC(=O)CSc2cccc(O)c2)c1. The van der Waals surface area contributed by atoms with Gasteiger partial charge in [-0.3, -0.25) is 4.79 Å². The molecule has 0 bridgehead atoms. The van der Waals surface area contributed by atoms with Gasteiger partial charge in [-0.25, -0.2) is 0 Å². The van der Waals surface area contributed by atoms with Gasteiger partial charge in [0.2, 0.25) is 5.91 Å². The summed E-state index contributed by atoms with van der Waals surface area (Å²) < 4.78 is 0. The van der Waals surface area contributed by atoms with E-state index < -0.39 is 0 Å². The van der Waals surface area contributed by atoms with Gasteiger partial charge in [0, 0.05) is 10.6 Å². The predicted molar refractivity (Wildman–Crippen MR) is 83.4 cm³/mol. The fraction of sp³-hybridized carbons (Fsp3) is 0.188. The van der Waals surface area contributed by atoms with E-state index in [1.165, 1.54) is 11.8 Å². The number of phenols is 1. The highest BCUT2D eigenvalue weighted by atomic mass is 32.2. The third-order valence-electron chi connectivity index (χ3n) is 2.85. The van der Waals surface area contributed by atoms with Crippen molar-refractivity contribution in [2.24, 2.45) is 0 Å². The van der Waals surface area contributed by atoms with Crippen molar-refractivity contribution in [1.82, 2.24) is 0 Å². The molecule has 0 saturated carbocycles. The lowest BCUT2D eigenvalue weighted by Crippen LogP contribution is -2.14. The largest absolute Gasteiger partial charge is 0.508 e. The maximum absolute atomic E-state index is 11.9. The maximum Gasteiger partial charge on any atom is 0.234 e. The number of aryl methyl sites for hydroxylation is 2. The summed E-state index contributed by atoms with van der Waals surface area (Å²) in [6, 6.07) is 12.9. The van der Waals surface area contributed by atoms with Gasteiger partial charge >= 0.3 is 0 Å². The lowest BCUT2D eigenvalue weighted by atomic mass is 10.1. The van der Waals surface area contributed by atoms with E-state index in [2.05, 4.69) is 5.32 Å². The molecule has 0 radical (unpaired) electrons. The minimum absolute atomic E-state index is 0.0490. The molecule has 2 N–H and O–H groups in total. The van der Waals surface area contributed by atoms with Crippen LogP contribution in [0.4, 0.5) is 5.69 Å². The standard InChI is InChI=1S/C16H17NO2S/c1-11-6-7-12(2)15(8-11)17-16(19)10-20-14-5-3-4-13(18)9-14/h3-9,18H,10H2,1-2H3,(H,17,19). The van der Waals surface area contributed by atoms with Crippen molar-refractivity contribution in [3.8, 4) is 5.75 Å². The number of nitrogens with one attached hydrogen (secondary N) is 1. The number of amides is 1. The highest BCUT2D eigenvalue weighted by Gasteiger charge is 2.06. The molecule has 2 aromatic carbocycles. The molecule has 104 valence electrons. The van der Waals surface area contributed by atoms with Gasteiger partial charge in [0.15, 0.2) is 0 Å². The molecule has 0 unspecified atom stereocenters. The molecule has 0 aliphatic carbocycles. The maximum atomic E-state index is 11.9. The van der Waals surface area contributed by atoms with E-state index in [1.54, 1.807) is 18.2 Å². The zero-order valence-electron chi connectivity index (χ0n) is 11.5. The zero-order chi connectivity index (χ0) is 14.5. The number of carbonyl (C=O) groups is 1. The van der Waals surface area contributed by atoms with E-state index in [4.69, 9.17) is 0 Å². The van der Waals surface area contributed by atoms with Gasteiger partial charge in [-0.1, -0.05) is 18.2 Å². The number of hydrogen-bond acceptors (Lipinski definition) is 3. The van der Waals surface area contributed by atoms with E-state index in [0.29, 0.717) is 5.75 Å². The molecule has 2 rings (SSSR count). The lowest BCUT2D eigenvalue weighted by Gasteiger charge is -2.09. The highest BCUT2D eigenvalue weighted by molar-refractivity contribution is 8.00. The van der Waals surface area contributed by atoms with Gasteiger partial charge in [0.25, 0.3) is 0 Å². The average molecular weight is 287 g/mol. The number of rotatable bonds is 4. The monoisotopic (exact) mass is 287 g/mol. The summed E-state index contributed by atoms with van der Waals surface area (Å²) >= 11 is 1.40. The Bertz CT molecular complexity index is 626. The van der Waals surface area contributed by atoms with E-state index in [9.17, 15) is 9.90 Å². The normalized spacial score (nSPS) is 10.3. The minimum atomic E-state index is -0.0490. The lowest BCUT2D eigenvalue weighted by molar-refractivity contribution is -0.113. The Morgan fingerprint density at radius 3 is 2.75 bits per heavy atom. The van der Waals surface area contributed by atoms with Crippen molar-refractivity contribution >= 4 is 23.4 Å². The first-order chi connectivity index (χ1) is 9.54. The molecule has 0 aromatic heterocycles. The van der Waals surface area contributed by atoms with Crippen molar-refractivity contribution in [2.45, 2.75) is 18.7 Å². The molecule has 0 atom stereocenters. The number of aromatic hydroxyl groups is 1. The molecule has 20 heavy (non-hydrogen) atoms. The predicted octanol–water partition coefficient (Wildman–Crippen LogP) is 3.74. The van der Waals surface area contributed by atoms with Crippen LogP contribution in [-0.4, -0.2) is 16.8 Å². The van der Waals surface area contributed by atoms with Crippen LogP contribution >= 0.6 is 11.8 Å². The summed E-state index contributed by atoms with van der Waals surface area (Å²) in [6.45, 7) is 3.97. The molecule has 0 fully saturated rings. The fourth-order valence-corrected chi connectivity index (χ4v) is 2.53. The average Bonchev–Trinajstić information content (AvgIpc) is 2.41. The van der Waals surface area contributed by atoms with E-state index in [1.807, 2.05) is 38.1 Å². The number of anilines is 1. The molecule has 0 aliphatic heterocycles. The third kappa shape index (κ3) is 4.03. The third-order valence-corrected chi connectivity index (χ3v) is 3.85. The smallest absolute Gasteiger partial charge is 0.234 e. The van der Waals surface area contributed by atoms with Crippen LogP contribution in [0.3, 0.4) is 0 Å². The molecular formula is C16H17NO2S. The van der Waals surface area contributed by atoms with Gasteiger partial charge in [-0.05, 0) is 49.2 Å². The second-order valence-corrected chi connectivity index (χ2v) is 5.70. The molecule has 0 heterocycles. The Morgan fingerprint density at radius 1 is 1.20 bits per heavy atom. The van der Waals surface area contributed by atoms with E-state index >= 15 is 0 Å².